The van der Waals surface area contributed by atoms with E-state index in [1.807, 2.05) is 32.0 Å². The van der Waals surface area contributed by atoms with Gasteiger partial charge in [-0.3, -0.25) is 10.3 Å². The Labute approximate surface area is 191 Å². The highest BCUT2D eigenvalue weighted by atomic mass is 35.5. The van der Waals surface area contributed by atoms with E-state index in [2.05, 4.69) is 35.9 Å². The number of anilines is 2. The zero-order valence-electron chi connectivity index (χ0n) is 17.3. The first-order valence-electron chi connectivity index (χ1n) is 9.37. The molecule has 0 saturated heterocycles. The molecular weight excluding hydrogens is 434 g/mol. The minimum absolute atomic E-state index is 0.294. The third kappa shape index (κ3) is 6.87. The van der Waals surface area contributed by atoms with E-state index in [1.54, 1.807) is 37.7 Å². The fraction of sp³-hybridized carbons (Fsp3) is 0.190. The van der Waals surface area contributed by atoms with Crippen molar-refractivity contribution in [3.8, 4) is 5.75 Å². The highest BCUT2D eigenvalue weighted by molar-refractivity contribution is 7.80. The van der Waals surface area contributed by atoms with Crippen molar-refractivity contribution in [2.45, 2.75) is 20.4 Å². The van der Waals surface area contributed by atoms with Gasteiger partial charge in [-0.2, -0.15) is 0 Å². The Hall–Kier alpha value is -3.30. The topological polar surface area (TPSA) is 96.3 Å². The summed E-state index contributed by atoms with van der Waals surface area (Å²) in [6.45, 7) is 4.19. The molecule has 0 atom stereocenters. The minimum Gasteiger partial charge on any atom is -0.495 e. The van der Waals surface area contributed by atoms with Gasteiger partial charge in [0.25, 0.3) is 0 Å². The van der Waals surface area contributed by atoms with E-state index >= 15 is 0 Å². The van der Waals surface area contributed by atoms with Gasteiger partial charge in [0.1, 0.15) is 5.75 Å². The van der Waals surface area contributed by atoms with Gasteiger partial charge in [-0.1, -0.05) is 17.7 Å². The van der Waals surface area contributed by atoms with E-state index in [4.69, 9.17) is 28.6 Å². The lowest BCUT2D eigenvalue weighted by Gasteiger charge is -2.16. The maximum absolute atomic E-state index is 6.10. The molecule has 2 aromatic heterocycles. The molecule has 0 radical (unpaired) electrons. The van der Waals surface area contributed by atoms with Crippen molar-refractivity contribution >= 4 is 46.5 Å². The monoisotopic (exact) mass is 455 g/mol. The molecule has 0 spiro atoms. The zero-order valence-corrected chi connectivity index (χ0v) is 18.9. The lowest BCUT2D eigenvalue weighted by atomic mass is 10.3. The first-order valence-corrected chi connectivity index (χ1v) is 10.2. The normalized spacial score (nSPS) is 11.0. The summed E-state index contributed by atoms with van der Waals surface area (Å²) in [4.78, 5) is 17.5. The summed E-state index contributed by atoms with van der Waals surface area (Å²) in [5, 5.41) is 10.1. The number of rotatable bonds is 5. The van der Waals surface area contributed by atoms with E-state index < -0.39 is 0 Å². The van der Waals surface area contributed by atoms with Crippen molar-refractivity contribution in [1.82, 2.24) is 20.3 Å². The Morgan fingerprint density at radius 2 is 1.90 bits per heavy atom. The number of pyridine rings is 1. The molecule has 160 valence electrons. The van der Waals surface area contributed by atoms with Crippen LogP contribution in [0.5, 0.6) is 5.75 Å². The Morgan fingerprint density at radius 3 is 2.58 bits per heavy atom. The number of aromatic nitrogens is 3. The van der Waals surface area contributed by atoms with E-state index in [1.165, 1.54) is 0 Å². The fourth-order valence-electron chi connectivity index (χ4n) is 2.70. The van der Waals surface area contributed by atoms with Crippen LogP contribution in [0, 0.1) is 13.8 Å². The average Bonchev–Trinajstić information content (AvgIpc) is 2.72. The number of nitrogens with zero attached hydrogens (tertiary/aromatic N) is 4. The summed E-state index contributed by atoms with van der Waals surface area (Å²) in [6, 6.07) is 10.9. The zero-order chi connectivity index (χ0) is 22.2. The molecule has 0 saturated carbocycles. The number of aryl methyl sites for hydroxylation is 2. The van der Waals surface area contributed by atoms with Gasteiger partial charge in [-0.15, -0.1) is 0 Å². The van der Waals surface area contributed by atoms with Crippen LogP contribution in [0.1, 0.15) is 17.0 Å². The number of benzene rings is 1. The number of guanidine groups is 1. The van der Waals surface area contributed by atoms with Crippen LogP contribution in [-0.4, -0.2) is 33.1 Å². The summed E-state index contributed by atoms with van der Waals surface area (Å²) in [7, 11) is 1.57. The number of halogens is 1. The smallest absolute Gasteiger partial charge is 0.229 e. The lowest BCUT2D eigenvalue weighted by molar-refractivity contribution is 0.417. The van der Waals surface area contributed by atoms with Crippen molar-refractivity contribution in [1.29, 1.82) is 0 Å². The molecule has 1 aromatic carbocycles. The second-order valence-electron chi connectivity index (χ2n) is 6.55. The Kier molecular flexibility index (Phi) is 7.69. The molecular formula is C21H22ClN7OS. The standard InChI is InChI=1S/C21H22ClN7OS/c1-13-9-14(2)26-20(25-13)28-19(24-12-15-5-4-8-23-11-15)29-21(31)27-17-10-16(22)6-7-18(17)30-3/h4-11H,12H2,1-3H3,(H3,24,25,26,27,28,29,31). The Balaban J connectivity index is 1.80. The minimum atomic E-state index is 0.294. The summed E-state index contributed by atoms with van der Waals surface area (Å²) >= 11 is 11.6. The molecule has 0 bridgehead atoms. The molecule has 10 heteroatoms. The third-order valence-corrected chi connectivity index (χ3v) is 4.44. The second kappa shape index (κ2) is 10.6. The summed E-state index contributed by atoms with van der Waals surface area (Å²) in [5.41, 5.74) is 3.25. The lowest BCUT2D eigenvalue weighted by Crippen LogP contribution is -2.39. The van der Waals surface area contributed by atoms with Crippen molar-refractivity contribution in [3.05, 3.63) is 70.8 Å². The van der Waals surface area contributed by atoms with Crippen LogP contribution < -0.4 is 20.7 Å². The number of hydrogen-bond donors (Lipinski definition) is 3. The SMILES string of the molecule is COc1ccc(Cl)cc1NC(=S)NC(=NCc1cccnc1)Nc1nc(C)cc(C)n1. The first-order chi connectivity index (χ1) is 14.9. The fourth-order valence-corrected chi connectivity index (χ4v) is 3.08. The molecule has 0 fully saturated rings. The first kappa shape index (κ1) is 22.4. The predicted molar refractivity (Wildman–Crippen MR) is 128 cm³/mol. The van der Waals surface area contributed by atoms with Crippen LogP contribution in [0.15, 0.2) is 53.8 Å². The van der Waals surface area contributed by atoms with Gasteiger partial charge in [0, 0.05) is 28.8 Å². The van der Waals surface area contributed by atoms with Gasteiger partial charge in [-0.25, -0.2) is 15.0 Å². The maximum atomic E-state index is 6.10. The number of methoxy groups -OCH3 is 1. The number of hydrogen-bond acceptors (Lipinski definition) is 6. The average molecular weight is 456 g/mol. The Bertz CT molecular complexity index is 1070. The van der Waals surface area contributed by atoms with Gasteiger partial charge in [0.2, 0.25) is 11.9 Å². The van der Waals surface area contributed by atoms with Gasteiger partial charge >= 0.3 is 0 Å². The molecule has 31 heavy (non-hydrogen) atoms. The molecule has 0 amide bonds. The van der Waals surface area contributed by atoms with E-state index in [-0.39, 0.29) is 0 Å². The molecule has 8 nitrogen and oxygen atoms in total. The number of nitrogens with one attached hydrogen (secondary N) is 3. The quantitative estimate of drug-likeness (QED) is 0.300. The highest BCUT2D eigenvalue weighted by Crippen LogP contribution is 2.27. The molecule has 3 rings (SSSR count). The van der Waals surface area contributed by atoms with Gasteiger partial charge in [0.05, 0.1) is 19.3 Å². The van der Waals surface area contributed by atoms with E-state index in [9.17, 15) is 0 Å². The van der Waals surface area contributed by atoms with Crippen molar-refractivity contribution in [3.63, 3.8) is 0 Å². The summed E-state index contributed by atoms with van der Waals surface area (Å²) in [6.07, 6.45) is 3.47. The summed E-state index contributed by atoms with van der Waals surface area (Å²) in [5.74, 6) is 1.40. The van der Waals surface area contributed by atoms with Gasteiger partial charge in [0.15, 0.2) is 5.11 Å². The van der Waals surface area contributed by atoms with Crippen molar-refractivity contribution in [2.75, 3.05) is 17.7 Å². The highest BCUT2D eigenvalue weighted by Gasteiger charge is 2.10. The van der Waals surface area contributed by atoms with E-state index in [0.29, 0.717) is 40.0 Å². The van der Waals surface area contributed by atoms with E-state index in [0.717, 1.165) is 17.0 Å². The third-order valence-electron chi connectivity index (χ3n) is 4.00. The second-order valence-corrected chi connectivity index (χ2v) is 7.39. The maximum Gasteiger partial charge on any atom is 0.229 e. The van der Waals surface area contributed by atoms with Gasteiger partial charge < -0.3 is 15.4 Å². The summed E-state index contributed by atoms with van der Waals surface area (Å²) < 4.78 is 5.35. The van der Waals surface area contributed by atoms with Crippen molar-refractivity contribution < 1.29 is 4.74 Å². The van der Waals surface area contributed by atoms with Crippen LogP contribution in [0.2, 0.25) is 5.02 Å². The number of aliphatic imine (C=N–C) groups is 1. The van der Waals surface area contributed by atoms with Crippen LogP contribution in [-0.2, 0) is 6.54 Å². The van der Waals surface area contributed by atoms with Crippen LogP contribution >= 0.6 is 23.8 Å². The molecule has 0 aliphatic carbocycles. The largest absolute Gasteiger partial charge is 0.495 e. The van der Waals surface area contributed by atoms with Crippen molar-refractivity contribution in [2.24, 2.45) is 4.99 Å². The Morgan fingerprint density at radius 1 is 1.13 bits per heavy atom. The molecule has 0 aliphatic rings. The molecule has 3 aromatic rings. The molecule has 0 aliphatic heterocycles. The van der Waals surface area contributed by atoms with Gasteiger partial charge in [-0.05, 0) is 62.0 Å². The van der Waals surface area contributed by atoms with Crippen LogP contribution in [0.4, 0.5) is 11.6 Å². The number of thiocarbonyl (C=S) groups is 1. The van der Waals surface area contributed by atoms with Crippen LogP contribution in [0.25, 0.3) is 0 Å². The molecule has 3 N–H and O–H groups in total. The molecule has 0 unspecified atom stereocenters. The predicted octanol–water partition coefficient (Wildman–Crippen LogP) is 4.11. The van der Waals surface area contributed by atoms with Crippen LogP contribution in [0.3, 0.4) is 0 Å². The number of ether oxygens (including phenoxy) is 1. The molecule has 2 heterocycles.